The first-order valence-electron chi connectivity index (χ1n) is 10.6. The van der Waals surface area contributed by atoms with Crippen LogP contribution in [0.15, 0.2) is 65.6 Å². The molecule has 32 heavy (non-hydrogen) atoms. The first-order valence-corrected chi connectivity index (χ1v) is 12.0. The van der Waals surface area contributed by atoms with Gasteiger partial charge in [0.1, 0.15) is 16.5 Å². The van der Waals surface area contributed by atoms with Crippen LogP contribution in [0, 0.1) is 17.6 Å². The lowest BCUT2D eigenvalue weighted by molar-refractivity contribution is -0.126. The lowest BCUT2D eigenvalue weighted by atomic mass is 9.97. The molecule has 1 aliphatic heterocycles. The molecule has 5 nitrogen and oxygen atoms in total. The molecular weight excluding hydrogens is 434 g/mol. The van der Waals surface area contributed by atoms with Crippen LogP contribution in [0.25, 0.3) is 10.8 Å². The summed E-state index contributed by atoms with van der Waals surface area (Å²) in [6.07, 6.45) is 1.35. The zero-order chi connectivity index (χ0) is 22.7. The van der Waals surface area contributed by atoms with Gasteiger partial charge in [-0.15, -0.1) is 0 Å². The highest BCUT2D eigenvalue weighted by molar-refractivity contribution is 7.89. The van der Waals surface area contributed by atoms with E-state index in [1.165, 1.54) is 0 Å². The highest BCUT2D eigenvalue weighted by Crippen LogP contribution is 2.26. The summed E-state index contributed by atoms with van der Waals surface area (Å²) in [5, 5.41) is 5.26. The number of benzene rings is 3. The molecule has 0 saturated carbocycles. The molecule has 1 heterocycles. The van der Waals surface area contributed by atoms with Crippen molar-refractivity contribution < 1.29 is 22.0 Å². The van der Waals surface area contributed by atoms with Crippen molar-refractivity contribution in [3.05, 3.63) is 77.9 Å². The number of hydrogen-bond acceptors (Lipinski definition) is 3. The molecule has 0 spiro atoms. The van der Waals surface area contributed by atoms with Gasteiger partial charge in [-0.05, 0) is 53.8 Å². The van der Waals surface area contributed by atoms with E-state index < -0.39 is 26.6 Å². The Morgan fingerprint density at radius 2 is 1.72 bits per heavy atom. The van der Waals surface area contributed by atoms with Crippen LogP contribution in [0.3, 0.4) is 0 Å². The van der Waals surface area contributed by atoms with Gasteiger partial charge >= 0.3 is 0 Å². The Kier molecular flexibility index (Phi) is 6.53. The fourth-order valence-corrected chi connectivity index (χ4v) is 5.69. The van der Waals surface area contributed by atoms with Crippen molar-refractivity contribution in [1.29, 1.82) is 0 Å². The van der Waals surface area contributed by atoms with Gasteiger partial charge in [0.15, 0.2) is 0 Å². The predicted octanol–water partition coefficient (Wildman–Crippen LogP) is 3.88. The number of nitrogens with zero attached hydrogens (tertiary/aromatic N) is 1. The number of hydrogen-bond donors (Lipinski definition) is 1. The summed E-state index contributed by atoms with van der Waals surface area (Å²) >= 11 is 0. The van der Waals surface area contributed by atoms with E-state index in [0.717, 1.165) is 32.8 Å². The van der Waals surface area contributed by atoms with E-state index >= 15 is 0 Å². The van der Waals surface area contributed by atoms with E-state index in [2.05, 4.69) is 23.5 Å². The van der Waals surface area contributed by atoms with Gasteiger partial charge in [0.05, 0.1) is 0 Å². The first kappa shape index (κ1) is 22.4. The molecule has 0 atom stereocenters. The largest absolute Gasteiger partial charge is 0.356 e. The Morgan fingerprint density at radius 3 is 2.50 bits per heavy atom. The second kappa shape index (κ2) is 9.34. The minimum atomic E-state index is -4.15. The van der Waals surface area contributed by atoms with Crippen molar-refractivity contribution in [2.24, 2.45) is 5.92 Å². The summed E-state index contributed by atoms with van der Waals surface area (Å²) in [4.78, 5) is 11.9. The summed E-state index contributed by atoms with van der Waals surface area (Å²) < 4.78 is 53.9. The predicted molar refractivity (Wildman–Crippen MR) is 119 cm³/mol. The number of sulfonamides is 1. The van der Waals surface area contributed by atoms with Gasteiger partial charge < -0.3 is 5.32 Å². The van der Waals surface area contributed by atoms with Crippen LogP contribution in [0.5, 0.6) is 0 Å². The molecule has 3 aromatic rings. The quantitative estimate of drug-likeness (QED) is 0.610. The zero-order valence-electron chi connectivity index (χ0n) is 17.4. The number of halogens is 2. The van der Waals surface area contributed by atoms with Crippen LogP contribution in [0.4, 0.5) is 8.78 Å². The highest BCUT2D eigenvalue weighted by Gasteiger charge is 2.33. The zero-order valence-corrected chi connectivity index (χ0v) is 18.2. The first-order chi connectivity index (χ1) is 15.4. The van der Waals surface area contributed by atoms with E-state index in [1.807, 2.05) is 24.3 Å². The molecule has 0 bridgehead atoms. The maximum atomic E-state index is 14.0. The van der Waals surface area contributed by atoms with Crippen LogP contribution in [-0.2, 0) is 21.2 Å². The summed E-state index contributed by atoms with van der Waals surface area (Å²) in [6.45, 7) is 0.652. The Bertz CT molecular complexity index is 1230. The van der Waals surface area contributed by atoms with E-state index in [1.54, 1.807) is 0 Å². The molecule has 1 aliphatic rings. The molecule has 168 valence electrons. The van der Waals surface area contributed by atoms with E-state index in [0.29, 0.717) is 31.9 Å². The lowest BCUT2D eigenvalue weighted by Crippen LogP contribution is -2.43. The Morgan fingerprint density at radius 1 is 1.00 bits per heavy atom. The van der Waals surface area contributed by atoms with Gasteiger partial charge in [0, 0.05) is 25.6 Å². The van der Waals surface area contributed by atoms with Gasteiger partial charge in [0.2, 0.25) is 15.9 Å². The number of rotatable bonds is 6. The topological polar surface area (TPSA) is 66.5 Å². The third-order valence-corrected chi connectivity index (χ3v) is 7.82. The van der Waals surface area contributed by atoms with Gasteiger partial charge in [0.25, 0.3) is 0 Å². The summed E-state index contributed by atoms with van der Waals surface area (Å²) in [5.74, 6) is -2.23. The summed E-state index contributed by atoms with van der Waals surface area (Å²) in [6, 6.07) is 16.6. The minimum Gasteiger partial charge on any atom is -0.356 e. The number of piperidine rings is 1. The standard InChI is InChI=1S/C24H24F2N2O3S/c25-20-8-9-22(26)23(16-20)32(30,31)28-14-11-19(12-15-28)24(29)27-13-10-18-6-3-5-17-4-1-2-7-21(17)18/h1-9,16,19H,10-15H2,(H,27,29). The molecule has 1 saturated heterocycles. The molecule has 0 unspecified atom stereocenters. The molecular formula is C24H24F2N2O3S. The van der Waals surface area contributed by atoms with Crippen LogP contribution >= 0.6 is 0 Å². The number of nitrogens with one attached hydrogen (secondary N) is 1. The lowest BCUT2D eigenvalue weighted by Gasteiger charge is -2.30. The van der Waals surface area contributed by atoms with Crippen LogP contribution in [0.1, 0.15) is 18.4 Å². The number of fused-ring (bicyclic) bond motifs is 1. The molecule has 3 aromatic carbocycles. The van der Waals surface area contributed by atoms with Crippen molar-refractivity contribution >= 4 is 26.7 Å². The molecule has 0 aromatic heterocycles. The van der Waals surface area contributed by atoms with Crippen molar-refractivity contribution in [3.8, 4) is 0 Å². The van der Waals surface area contributed by atoms with E-state index in [9.17, 15) is 22.0 Å². The van der Waals surface area contributed by atoms with Crippen LogP contribution in [0.2, 0.25) is 0 Å². The average molecular weight is 459 g/mol. The van der Waals surface area contributed by atoms with Crippen LogP contribution < -0.4 is 5.32 Å². The normalized spacial score (nSPS) is 15.7. The van der Waals surface area contributed by atoms with Crippen molar-refractivity contribution in [1.82, 2.24) is 9.62 Å². The minimum absolute atomic E-state index is 0.0830. The monoisotopic (exact) mass is 458 g/mol. The summed E-state index contributed by atoms with van der Waals surface area (Å²) in [7, 11) is -4.15. The van der Waals surface area contributed by atoms with Crippen molar-refractivity contribution in [2.45, 2.75) is 24.2 Å². The average Bonchev–Trinajstić information content (AvgIpc) is 2.80. The van der Waals surface area contributed by atoms with E-state index in [-0.39, 0.29) is 24.9 Å². The maximum Gasteiger partial charge on any atom is 0.246 e. The summed E-state index contributed by atoms with van der Waals surface area (Å²) in [5.41, 5.74) is 1.15. The Balaban J connectivity index is 1.32. The Hall–Kier alpha value is -2.84. The van der Waals surface area contributed by atoms with Gasteiger partial charge in [-0.3, -0.25) is 4.79 Å². The smallest absolute Gasteiger partial charge is 0.246 e. The number of carbonyl (C=O) groups is 1. The second-order valence-electron chi connectivity index (χ2n) is 7.93. The van der Waals surface area contributed by atoms with Gasteiger partial charge in [-0.2, -0.15) is 4.31 Å². The maximum absolute atomic E-state index is 14.0. The molecule has 0 radical (unpaired) electrons. The fourth-order valence-electron chi connectivity index (χ4n) is 4.15. The molecule has 4 rings (SSSR count). The van der Waals surface area contributed by atoms with Crippen molar-refractivity contribution in [2.75, 3.05) is 19.6 Å². The molecule has 1 amide bonds. The molecule has 1 fully saturated rings. The highest BCUT2D eigenvalue weighted by atomic mass is 32.2. The number of amides is 1. The van der Waals surface area contributed by atoms with Gasteiger partial charge in [-0.1, -0.05) is 42.5 Å². The SMILES string of the molecule is O=C(NCCc1cccc2ccccc12)C1CCN(S(=O)(=O)c2cc(F)ccc2F)CC1. The van der Waals surface area contributed by atoms with E-state index in [4.69, 9.17) is 0 Å². The fraction of sp³-hybridized carbons (Fsp3) is 0.292. The molecule has 0 aliphatic carbocycles. The molecule has 8 heteroatoms. The van der Waals surface area contributed by atoms with Crippen LogP contribution in [-0.4, -0.2) is 38.3 Å². The Labute approximate surface area is 186 Å². The molecule has 1 N–H and O–H groups in total. The third kappa shape index (κ3) is 4.66. The number of carbonyl (C=O) groups excluding carboxylic acids is 1. The van der Waals surface area contributed by atoms with Gasteiger partial charge in [-0.25, -0.2) is 17.2 Å². The van der Waals surface area contributed by atoms with Crippen molar-refractivity contribution in [3.63, 3.8) is 0 Å². The third-order valence-electron chi connectivity index (χ3n) is 5.91. The second-order valence-corrected chi connectivity index (χ2v) is 9.84.